The second-order valence-electron chi connectivity index (χ2n) is 7.98. The second-order valence-corrected chi connectivity index (χ2v) is 7.98. The number of nitrogens with zero attached hydrogens (tertiary/aromatic N) is 2. The molecule has 0 radical (unpaired) electrons. The number of aromatic nitrogens is 1. The number of carbonyl (C=O) groups is 3. The fourth-order valence-electron chi connectivity index (χ4n) is 4.14. The van der Waals surface area contributed by atoms with E-state index in [0.29, 0.717) is 23.5 Å². The van der Waals surface area contributed by atoms with E-state index in [9.17, 15) is 19.5 Å². The summed E-state index contributed by atoms with van der Waals surface area (Å²) in [5.41, 5.74) is 1.17. The molecule has 0 spiro atoms. The smallest absolute Gasteiger partial charge is 0.322 e. The standard InChI is InChI=1S/C24H20N4O5/c29-18-4-1-16-12-28(21(30)20(16)11-18)14-24(22(31)26-23(32)27-24)17-2-5-19(6-3-17)33-13-15-7-9-25-10-8-15/h1-11,29H,12-14H2,(H2,26,27,31,32)/t24-/m0/s1. The number of amides is 4. The van der Waals surface area contributed by atoms with Crippen molar-refractivity contribution in [2.24, 2.45) is 0 Å². The van der Waals surface area contributed by atoms with Gasteiger partial charge in [0.15, 0.2) is 5.54 Å². The predicted octanol–water partition coefficient (Wildman–Crippen LogP) is 2.06. The molecule has 2 aliphatic rings. The molecule has 0 saturated carbocycles. The Kier molecular flexibility index (Phi) is 4.93. The van der Waals surface area contributed by atoms with Crippen molar-refractivity contribution in [3.8, 4) is 11.5 Å². The fraction of sp³-hybridized carbons (Fsp3) is 0.167. The third-order valence-electron chi connectivity index (χ3n) is 5.84. The minimum Gasteiger partial charge on any atom is -0.508 e. The number of benzene rings is 2. The number of urea groups is 1. The molecule has 0 aliphatic carbocycles. The predicted molar refractivity (Wildman–Crippen MR) is 116 cm³/mol. The van der Waals surface area contributed by atoms with E-state index in [-0.39, 0.29) is 24.7 Å². The number of phenolic OH excluding ortho intramolecular Hbond substituents is 1. The van der Waals surface area contributed by atoms with Gasteiger partial charge in [-0.05, 0) is 53.1 Å². The summed E-state index contributed by atoms with van der Waals surface area (Å²) in [6.45, 7) is 0.570. The molecule has 3 heterocycles. The zero-order valence-electron chi connectivity index (χ0n) is 17.4. The summed E-state index contributed by atoms with van der Waals surface area (Å²) < 4.78 is 5.79. The highest BCUT2D eigenvalue weighted by Gasteiger charge is 2.50. The van der Waals surface area contributed by atoms with Crippen molar-refractivity contribution in [2.75, 3.05) is 6.54 Å². The van der Waals surface area contributed by atoms with E-state index in [2.05, 4.69) is 15.6 Å². The second kappa shape index (κ2) is 7.94. The van der Waals surface area contributed by atoms with Gasteiger partial charge in [-0.25, -0.2) is 4.79 Å². The SMILES string of the molecule is O=C1NC(=O)[C@](CN2Cc3ccc(O)cc3C2=O)(c2ccc(OCc3ccncc3)cc2)N1. The minimum absolute atomic E-state index is 0.00655. The van der Waals surface area contributed by atoms with Crippen molar-refractivity contribution >= 4 is 17.8 Å². The van der Waals surface area contributed by atoms with E-state index in [1.54, 1.807) is 42.7 Å². The Morgan fingerprint density at radius 2 is 1.79 bits per heavy atom. The molecule has 5 rings (SSSR count). The Labute approximate surface area is 189 Å². The van der Waals surface area contributed by atoms with Gasteiger partial charge in [0, 0.05) is 24.5 Å². The number of phenols is 1. The molecule has 2 aliphatic heterocycles. The van der Waals surface area contributed by atoms with E-state index in [1.807, 2.05) is 12.1 Å². The molecule has 0 bridgehead atoms. The quantitative estimate of drug-likeness (QED) is 0.501. The normalized spacial score (nSPS) is 19.3. The van der Waals surface area contributed by atoms with Gasteiger partial charge in [-0.15, -0.1) is 0 Å². The van der Waals surface area contributed by atoms with Crippen LogP contribution in [-0.4, -0.2) is 39.4 Å². The number of hydrogen-bond acceptors (Lipinski definition) is 6. The fourth-order valence-corrected chi connectivity index (χ4v) is 4.14. The van der Waals surface area contributed by atoms with Crippen molar-refractivity contribution in [3.63, 3.8) is 0 Å². The highest BCUT2D eigenvalue weighted by molar-refractivity contribution is 6.08. The van der Waals surface area contributed by atoms with Crippen LogP contribution in [0.25, 0.3) is 0 Å². The third-order valence-corrected chi connectivity index (χ3v) is 5.84. The van der Waals surface area contributed by atoms with Gasteiger partial charge in [0.1, 0.15) is 18.1 Å². The lowest BCUT2D eigenvalue weighted by Crippen LogP contribution is -2.52. The lowest BCUT2D eigenvalue weighted by Gasteiger charge is -2.31. The molecule has 166 valence electrons. The first-order chi connectivity index (χ1) is 15.9. The van der Waals surface area contributed by atoms with Gasteiger partial charge in [0.2, 0.25) is 0 Å². The molecule has 1 atom stereocenters. The van der Waals surface area contributed by atoms with Crippen LogP contribution >= 0.6 is 0 Å². The first-order valence-electron chi connectivity index (χ1n) is 10.3. The van der Waals surface area contributed by atoms with E-state index in [4.69, 9.17) is 4.74 Å². The van der Waals surface area contributed by atoms with Gasteiger partial charge < -0.3 is 20.1 Å². The maximum atomic E-state index is 12.9. The zero-order valence-corrected chi connectivity index (χ0v) is 17.4. The summed E-state index contributed by atoms with van der Waals surface area (Å²) >= 11 is 0. The first kappa shape index (κ1) is 20.5. The molecule has 9 nitrogen and oxygen atoms in total. The number of ether oxygens (including phenoxy) is 1. The molecule has 4 amide bonds. The highest BCUT2D eigenvalue weighted by Crippen LogP contribution is 2.33. The van der Waals surface area contributed by atoms with Crippen LogP contribution in [0.5, 0.6) is 11.5 Å². The molecule has 9 heteroatoms. The van der Waals surface area contributed by atoms with Crippen LogP contribution in [0, 0.1) is 0 Å². The van der Waals surface area contributed by atoms with Gasteiger partial charge in [0.25, 0.3) is 11.8 Å². The summed E-state index contributed by atoms with van der Waals surface area (Å²) in [7, 11) is 0. The number of rotatable bonds is 6. The summed E-state index contributed by atoms with van der Waals surface area (Å²) in [4.78, 5) is 43.4. The van der Waals surface area contributed by atoms with Gasteiger partial charge in [-0.2, -0.15) is 0 Å². The van der Waals surface area contributed by atoms with Crippen LogP contribution in [0.4, 0.5) is 4.79 Å². The molecule has 0 unspecified atom stereocenters. The van der Waals surface area contributed by atoms with Crippen LogP contribution in [-0.2, 0) is 23.5 Å². The number of fused-ring (bicyclic) bond motifs is 1. The maximum Gasteiger partial charge on any atom is 0.322 e. The number of aromatic hydroxyl groups is 1. The van der Waals surface area contributed by atoms with E-state index in [1.165, 1.54) is 17.0 Å². The minimum atomic E-state index is -1.44. The van der Waals surface area contributed by atoms with Crippen molar-refractivity contribution in [2.45, 2.75) is 18.7 Å². The molecule has 33 heavy (non-hydrogen) atoms. The van der Waals surface area contributed by atoms with Crippen LogP contribution in [0.2, 0.25) is 0 Å². The lowest BCUT2D eigenvalue weighted by atomic mass is 9.89. The zero-order chi connectivity index (χ0) is 23.0. The summed E-state index contributed by atoms with van der Waals surface area (Å²) in [6, 6.07) is 14.5. The van der Waals surface area contributed by atoms with Crippen LogP contribution in [0.15, 0.2) is 67.0 Å². The van der Waals surface area contributed by atoms with Crippen molar-refractivity contribution in [1.29, 1.82) is 0 Å². The Balaban J connectivity index is 1.39. The Hall–Kier alpha value is -4.40. The number of hydrogen-bond donors (Lipinski definition) is 3. The maximum absolute atomic E-state index is 12.9. The topological polar surface area (TPSA) is 121 Å². The first-order valence-corrected chi connectivity index (χ1v) is 10.3. The summed E-state index contributed by atoms with van der Waals surface area (Å²) in [5.74, 6) is -0.264. The Morgan fingerprint density at radius 3 is 2.48 bits per heavy atom. The average Bonchev–Trinajstić information content (AvgIpc) is 3.28. The molecule has 2 aromatic carbocycles. The van der Waals surface area contributed by atoms with E-state index < -0.39 is 17.5 Å². The van der Waals surface area contributed by atoms with E-state index >= 15 is 0 Å². The van der Waals surface area contributed by atoms with Crippen molar-refractivity contribution < 1.29 is 24.2 Å². The van der Waals surface area contributed by atoms with Crippen LogP contribution in [0.3, 0.4) is 0 Å². The van der Waals surface area contributed by atoms with Crippen molar-refractivity contribution in [1.82, 2.24) is 20.5 Å². The van der Waals surface area contributed by atoms with Gasteiger partial charge in [0.05, 0.1) is 6.54 Å². The number of pyridine rings is 1. The number of imide groups is 1. The largest absolute Gasteiger partial charge is 0.508 e. The number of nitrogens with one attached hydrogen (secondary N) is 2. The Bertz CT molecular complexity index is 1250. The monoisotopic (exact) mass is 444 g/mol. The molecular weight excluding hydrogens is 424 g/mol. The molecule has 1 saturated heterocycles. The summed E-state index contributed by atoms with van der Waals surface area (Å²) in [5, 5.41) is 14.7. The van der Waals surface area contributed by atoms with Crippen LogP contribution in [0.1, 0.15) is 27.0 Å². The summed E-state index contributed by atoms with van der Waals surface area (Å²) in [6.07, 6.45) is 3.37. The highest BCUT2D eigenvalue weighted by atomic mass is 16.5. The third kappa shape index (κ3) is 3.73. The molecular formula is C24H20N4O5. The average molecular weight is 444 g/mol. The molecule has 1 fully saturated rings. The number of carbonyl (C=O) groups excluding carboxylic acids is 3. The molecule has 3 N–H and O–H groups in total. The van der Waals surface area contributed by atoms with Crippen LogP contribution < -0.4 is 15.4 Å². The van der Waals surface area contributed by atoms with Gasteiger partial charge in [-0.3, -0.25) is 19.9 Å². The molecule has 1 aromatic heterocycles. The van der Waals surface area contributed by atoms with E-state index in [0.717, 1.165) is 11.1 Å². The van der Waals surface area contributed by atoms with Gasteiger partial charge >= 0.3 is 6.03 Å². The Morgan fingerprint density at radius 1 is 1.03 bits per heavy atom. The molecule has 3 aromatic rings. The lowest BCUT2D eigenvalue weighted by molar-refractivity contribution is -0.124. The van der Waals surface area contributed by atoms with Crippen molar-refractivity contribution in [3.05, 3.63) is 89.2 Å². The van der Waals surface area contributed by atoms with Gasteiger partial charge in [-0.1, -0.05) is 18.2 Å².